The lowest BCUT2D eigenvalue weighted by molar-refractivity contribution is 0.112. The van der Waals surface area contributed by atoms with Gasteiger partial charge in [0.2, 0.25) is 0 Å². The monoisotopic (exact) mass is 164 g/mol. The molecule has 0 heterocycles. The molecule has 2 rings (SSSR count). The van der Waals surface area contributed by atoms with Crippen LogP contribution in [0.1, 0.15) is 28.3 Å². The van der Waals surface area contributed by atoms with Crippen LogP contribution < -0.4 is 0 Å². The third-order valence-electron chi connectivity index (χ3n) is 2.24. The smallest absolute Gasteiger partial charge is 0.150 e. The van der Waals surface area contributed by atoms with Crippen molar-refractivity contribution >= 4 is 6.29 Å². The predicted molar refractivity (Wildman–Crippen MR) is 44.1 cm³/mol. The van der Waals surface area contributed by atoms with Crippen molar-refractivity contribution in [1.82, 2.24) is 0 Å². The molecule has 0 saturated heterocycles. The summed E-state index contributed by atoms with van der Waals surface area (Å²) >= 11 is 0. The van der Waals surface area contributed by atoms with E-state index in [1.54, 1.807) is 12.1 Å². The summed E-state index contributed by atoms with van der Waals surface area (Å²) in [6.07, 6.45) is 0.636. The van der Waals surface area contributed by atoms with Gasteiger partial charge in [0.1, 0.15) is 12.5 Å². The lowest BCUT2D eigenvalue weighted by Crippen LogP contribution is -1.90. The maximum Gasteiger partial charge on any atom is 0.150 e. The fourth-order valence-electron chi connectivity index (χ4n) is 1.44. The number of benzene rings is 1. The van der Waals surface area contributed by atoms with Gasteiger partial charge in [-0.1, -0.05) is 24.3 Å². The molecule has 2 heteroatoms. The normalized spacial score (nSPS) is 26.8. The molecule has 1 aliphatic rings. The predicted octanol–water partition coefficient (Wildman–Crippen LogP) is 2.32. The van der Waals surface area contributed by atoms with Gasteiger partial charge in [-0.3, -0.25) is 4.79 Å². The first kappa shape index (κ1) is 7.47. The minimum atomic E-state index is -0.730. The van der Waals surface area contributed by atoms with Gasteiger partial charge >= 0.3 is 0 Å². The highest BCUT2D eigenvalue weighted by Crippen LogP contribution is 2.44. The molecule has 1 fully saturated rings. The lowest BCUT2D eigenvalue weighted by Gasteiger charge is -1.99. The van der Waals surface area contributed by atoms with E-state index in [-0.39, 0.29) is 5.92 Å². The van der Waals surface area contributed by atoms with Crippen molar-refractivity contribution in [1.29, 1.82) is 0 Å². The van der Waals surface area contributed by atoms with Crippen LogP contribution in [0.5, 0.6) is 0 Å². The maximum absolute atomic E-state index is 12.7. The van der Waals surface area contributed by atoms with Crippen LogP contribution in [0.25, 0.3) is 0 Å². The van der Waals surface area contributed by atoms with Crippen LogP contribution in [0, 0.1) is 0 Å². The highest BCUT2D eigenvalue weighted by molar-refractivity contribution is 5.77. The van der Waals surface area contributed by atoms with E-state index < -0.39 is 6.17 Å². The summed E-state index contributed by atoms with van der Waals surface area (Å²) in [6, 6.07) is 7.19. The summed E-state index contributed by atoms with van der Waals surface area (Å²) in [5.74, 6) is -0.0219. The summed E-state index contributed by atoms with van der Waals surface area (Å²) in [4.78, 5) is 10.5. The molecule has 0 spiro atoms. The van der Waals surface area contributed by atoms with Crippen molar-refractivity contribution in [3.63, 3.8) is 0 Å². The van der Waals surface area contributed by atoms with Gasteiger partial charge in [-0.15, -0.1) is 0 Å². The molecule has 12 heavy (non-hydrogen) atoms. The summed E-state index contributed by atoms with van der Waals surface area (Å²) in [5.41, 5.74) is 1.49. The number of aldehydes is 1. The standard InChI is InChI=1S/C10H9FO/c11-10-5-9(10)8-4-2-1-3-7(8)6-12/h1-4,6,9-10H,5H2. The second-order valence-electron chi connectivity index (χ2n) is 3.10. The molecule has 1 aromatic rings. The molecule has 0 aromatic heterocycles. The number of carbonyl (C=O) groups is 1. The average Bonchev–Trinajstić information content (AvgIpc) is 2.83. The first-order valence-corrected chi connectivity index (χ1v) is 4.01. The van der Waals surface area contributed by atoms with Gasteiger partial charge in [-0.05, 0) is 12.0 Å². The van der Waals surface area contributed by atoms with E-state index in [4.69, 9.17) is 0 Å². The fourth-order valence-corrected chi connectivity index (χ4v) is 1.44. The zero-order valence-electron chi connectivity index (χ0n) is 6.53. The van der Waals surface area contributed by atoms with E-state index in [2.05, 4.69) is 0 Å². The molecular formula is C10H9FO. The molecule has 1 saturated carbocycles. The van der Waals surface area contributed by atoms with Crippen LogP contribution in [0.15, 0.2) is 24.3 Å². The second-order valence-corrected chi connectivity index (χ2v) is 3.10. The lowest BCUT2D eigenvalue weighted by atomic mass is 10.0. The van der Waals surface area contributed by atoms with Crippen molar-refractivity contribution in [2.75, 3.05) is 0 Å². The SMILES string of the molecule is O=Cc1ccccc1C1CC1F. The fraction of sp³-hybridized carbons (Fsp3) is 0.300. The van der Waals surface area contributed by atoms with Crippen molar-refractivity contribution in [3.05, 3.63) is 35.4 Å². The molecule has 0 aliphatic heterocycles. The van der Waals surface area contributed by atoms with Crippen molar-refractivity contribution < 1.29 is 9.18 Å². The van der Waals surface area contributed by atoms with Crippen molar-refractivity contribution in [2.45, 2.75) is 18.5 Å². The Morgan fingerprint density at radius 1 is 1.42 bits per heavy atom. The summed E-state index contributed by atoms with van der Waals surface area (Å²) in [6.45, 7) is 0. The Labute approximate surface area is 70.2 Å². The van der Waals surface area contributed by atoms with E-state index in [9.17, 15) is 9.18 Å². The van der Waals surface area contributed by atoms with Gasteiger partial charge in [0, 0.05) is 11.5 Å². The Morgan fingerprint density at radius 3 is 2.67 bits per heavy atom. The number of halogens is 1. The first-order valence-electron chi connectivity index (χ1n) is 4.01. The minimum absolute atomic E-state index is 0.0219. The minimum Gasteiger partial charge on any atom is -0.298 e. The van der Waals surface area contributed by atoms with E-state index in [1.807, 2.05) is 12.1 Å². The molecule has 1 aliphatic carbocycles. The van der Waals surface area contributed by atoms with Gasteiger partial charge in [-0.25, -0.2) is 4.39 Å². The van der Waals surface area contributed by atoms with E-state index in [0.29, 0.717) is 12.0 Å². The zero-order valence-corrected chi connectivity index (χ0v) is 6.53. The largest absolute Gasteiger partial charge is 0.298 e. The van der Waals surface area contributed by atoms with Crippen molar-refractivity contribution in [3.8, 4) is 0 Å². The van der Waals surface area contributed by atoms with Crippen LogP contribution in [-0.4, -0.2) is 12.5 Å². The van der Waals surface area contributed by atoms with E-state index >= 15 is 0 Å². The number of hydrogen-bond donors (Lipinski definition) is 0. The van der Waals surface area contributed by atoms with Crippen LogP contribution in [0.4, 0.5) is 4.39 Å². The molecule has 0 bridgehead atoms. The average molecular weight is 164 g/mol. The quantitative estimate of drug-likeness (QED) is 0.613. The summed E-state index contributed by atoms with van der Waals surface area (Å²) in [5, 5.41) is 0. The Balaban J connectivity index is 2.35. The number of hydrogen-bond acceptors (Lipinski definition) is 1. The Bertz CT molecular complexity index is 308. The number of alkyl halides is 1. The summed E-state index contributed by atoms with van der Waals surface area (Å²) < 4.78 is 12.7. The molecule has 1 nitrogen and oxygen atoms in total. The highest BCUT2D eigenvalue weighted by Gasteiger charge is 2.39. The Kier molecular flexibility index (Phi) is 1.68. The van der Waals surface area contributed by atoms with E-state index in [1.165, 1.54) is 0 Å². The van der Waals surface area contributed by atoms with Gasteiger partial charge < -0.3 is 0 Å². The van der Waals surface area contributed by atoms with Gasteiger partial charge in [-0.2, -0.15) is 0 Å². The van der Waals surface area contributed by atoms with E-state index in [0.717, 1.165) is 11.8 Å². The molecule has 0 radical (unpaired) electrons. The molecular weight excluding hydrogens is 155 g/mol. The third-order valence-corrected chi connectivity index (χ3v) is 2.24. The molecule has 0 amide bonds. The molecule has 2 unspecified atom stereocenters. The maximum atomic E-state index is 12.7. The van der Waals surface area contributed by atoms with Gasteiger partial charge in [0.05, 0.1) is 0 Å². The number of rotatable bonds is 2. The van der Waals surface area contributed by atoms with Gasteiger partial charge in [0.15, 0.2) is 0 Å². The number of carbonyl (C=O) groups excluding carboxylic acids is 1. The van der Waals surface area contributed by atoms with Crippen LogP contribution in [0.3, 0.4) is 0 Å². The van der Waals surface area contributed by atoms with Gasteiger partial charge in [0.25, 0.3) is 0 Å². The topological polar surface area (TPSA) is 17.1 Å². The highest BCUT2D eigenvalue weighted by atomic mass is 19.1. The van der Waals surface area contributed by atoms with Crippen LogP contribution in [0.2, 0.25) is 0 Å². The molecule has 62 valence electrons. The third kappa shape index (κ3) is 1.13. The van der Waals surface area contributed by atoms with Crippen molar-refractivity contribution in [2.24, 2.45) is 0 Å². The Hall–Kier alpha value is -1.18. The first-order chi connectivity index (χ1) is 5.83. The molecule has 1 aromatic carbocycles. The molecule has 0 N–H and O–H groups in total. The molecule has 2 atom stereocenters. The zero-order chi connectivity index (χ0) is 8.55. The van der Waals surface area contributed by atoms with Crippen LogP contribution in [-0.2, 0) is 0 Å². The van der Waals surface area contributed by atoms with Crippen LogP contribution >= 0.6 is 0 Å². The summed E-state index contributed by atoms with van der Waals surface area (Å²) in [7, 11) is 0. The Morgan fingerprint density at radius 2 is 2.08 bits per heavy atom. The second kappa shape index (κ2) is 2.70.